The van der Waals surface area contributed by atoms with Crippen LogP contribution in [0.4, 0.5) is 10.5 Å². The molecule has 0 aromatic heterocycles. The number of carbonyl (C=O) groups excluding carboxylic acids is 4. The van der Waals surface area contributed by atoms with E-state index in [4.69, 9.17) is 9.47 Å². The molecule has 0 bridgehead atoms. The molecule has 9 nitrogen and oxygen atoms in total. The quantitative estimate of drug-likeness (QED) is 0.750. The molecule has 0 saturated carbocycles. The third-order valence-corrected chi connectivity index (χ3v) is 5.18. The first-order valence-electron chi connectivity index (χ1n) is 8.70. The molecular formula is C18H19N3O6. The zero-order chi connectivity index (χ0) is 19.1. The number of benzene rings is 1. The largest absolute Gasteiger partial charge is 0.497 e. The summed E-state index contributed by atoms with van der Waals surface area (Å²) in [5.41, 5.74) is 0.725. The summed E-state index contributed by atoms with van der Waals surface area (Å²) in [6.45, 7) is 0.646. The molecule has 1 aromatic carbocycles. The molecule has 3 heterocycles. The Bertz CT molecular complexity index is 786. The van der Waals surface area contributed by atoms with Gasteiger partial charge in [0.2, 0.25) is 11.8 Å². The number of carbonyl (C=O) groups is 4. The second-order valence-corrected chi connectivity index (χ2v) is 6.82. The summed E-state index contributed by atoms with van der Waals surface area (Å²) >= 11 is 0. The van der Waals surface area contributed by atoms with Crippen LogP contribution in [0.5, 0.6) is 5.75 Å². The van der Waals surface area contributed by atoms with E-state index >= 15 is 0 Å². The smallest absolute Gasteiger partial charge is 0.417 e. The predicted molar refractivity (Wildman–Crippen MR) is 92.0 cm³/mol. The molecule has 0 spiro atoms. The maximum Gasteiger partial charge on any atom is 0.417 e. The highest BCUT2D eigenvalue weighted by Gasteiger charge is 2.47. The molecule has 0 N–H and O–H groups in total. The number of nitrogens with zero attached hydrogens (tertiary/aromatic N) is 3. The van der Waals surface area contributed by atoms with Crippen molar-refractivity contribution in [1.82, 2.24) is 9.80 Å². The first-order chi connectivity index (χ1) is 13.0. The standard InChI is InChI=1S/C18H19N3O6/c1-26-14-4-2-12(3-5-14)20-7-11(6-15(20)22)17(24)19-8-13(9-19)21-16(23)10-27-18(21)25/h2-5,11,13H,6-10H2,1H3. The number of methoxy groups -OCH3 is 1. The molecule has 27 heavy (non-hydrogen) atoms. The third-order valence-electron chi connectivity index (χ3n) is 5.18. The van der Waals surface area contributed by atoms with Crippen LogP contribution >= 0.6 is 0 Å². The number of anilines is 1. The molecule has 1 atom stereocenters. The van der Waals surface area contributed by atoms with Crippen molar-refractivity contribution < 1.29 is 28.7 Å². The van der Waals surface area contributed by atoms with Crippen molar-refractivity contribution >= 4 is 29.5 Å². The maximum absolute atomic E-state index is 12.7. The minimum atomic E-state index is -0.654. The fraction of sp³-hybridized carbons (Fsp3) is 0.444. The van der Waals surface area contributed by atoms with Gasteiger partial charge in [-0.15, -0.1) is 0 Å². The lowest BCUT2D eigenvalue weighted by atomic mass is 10.0. The predicted octanol–water partition coefficient (Wildman–Crippen LogP) is 0.238. The van der Waals surface area contributed by atoms with Crippen molar-refractivity contribution in [3.8, 4) is 5.75 Å². The number of likely N-dealkylation sites (tertiary alicyclic amines) is 1. The third kappa shape index (κ3) is 2.98. The van der Waals surface area contributed by atoms with Gasteiger partial charge in [-0.3, -0.25) is 14.4 Å². The number of imide groups is 1. The van der Waals surface area contributed by atoms with Crippen LogP contribution < -0.4 is 9.64 Å². The monoisotopic (exact) mass is 373 g/mol. The Hall–Kier alpha value is -3.10. The van der Waals surface area contributed by atoms with Gasteiger partial charge < -0.3 is 19.3 Å². The Morgan fingerprint density at radius 3 is 2.37 bits per heavy atom. The van der Waals surface area contributed by atoms with Crippen LogP contribution in [0.2, 0.25) is 0 Å². The Balaban J connectivity index is 1.36. The molecule has 3 aliphatic rings. The minimum Gasteiger partial charge on any atom is -0.497 e. The average molecular weight is 373 g/mol. The normalized spacial score (nSPS) is 22.9. The SMILES string of the molecule is COc1ccc(N2CC(C(=O)N3CC(N4C(=O)COC4=O)C3)CC2=O)cc1. The van der Waals surface area contributed by atoms with Crippen molar-refractivity contribution in [1.29, 1.82) is 0 Å². The molecular weight excluding hydrogens is 354 g/mol. The number of cyclic esters (lactones) is 1. The lowest BCUT2D eigenvalue weighted by Gasteiger charge is -2.42. The summed E-state index contributed by atoms with van der Waals surface area (Å²) in [5.74, 6) is -0.343. The lowest BCUT2D eigenvalue weighted by molar-refractivity contribution is -0.145. The zero-order valence-electron chi connectivity index (χ0n) is 14.8. The number of rotatable bonds is 4. The summed E-state index contributed by atoms with van der Waals surface area (Å²) in [5, 5.41) is 0. The highest BCUT2D eigenvalue weighted by atomic mass is 16.6. The van der Waals surface area contributed by atoms with Crippen LogP contribution in [0, 0.1) is 5.92 Å². The zero-order valence-corrected chi connectivity index (χ0v) is 14.8. The Kier molecular flexibility index (Phi) is 4.21. The van der Waals surface area contributed by atoms with Gasteiger partial charge in [0.1, 0.15) is 5.75 Å². The molecule has 1 unspecified atom stereocenters. The van der Waals surface area contributed by atoms with Gasteiger partial charge in [-0.05, 0) is 24.3 Å². The van der Waals surface area contributed by atoms with Crippen molar-refractivity contribution in [2.24, 2.45) is 5.92 Å². The molecule has 3 saturated heterocycles. The van der Waals surface area contributed by atoms with Crippen LogP contribution in [0.1, 0.15) is 6.42 Å². The highest BCUT2D eigenvalue weighted by Crippen LogP contribution is 2.29. The van der Waals surface area contributed by atoms with Crippen molar-refractivity contribution in [2.75, 3.05) is 38.3 Å². The van der Waals surface area contributed by atoms with Crippen molar-refractivity contribution in [3.05, 3.63) is 24.3 Å². The van der Waals surface area contributed by atoms with Gasteiger partial charge in [0.15, 0.2) is 6.61 Å². The summed E-state index contributed by atoms with van der Waals surface area (Å²) in [7, 11) is 1.57. The number of ether oxygens (including phenoxy) is 2. The first-order valence-corrected chi connectivity index (χ1v) is 8.70. The lowest BCUT2D eigenvalue weighted by Crippen LogP contribution is -2.63. The van der Waals surface area contributed by atoms with E-state index < -0.39 is 12.0 Å². The van der Waals surface area contributed by atoms with Crippen LogP contribution in [0.3, 0.4) is 0 Å². The molecule has 3 aliphatic heterocycles. The fourth-order valence-electron chi connectivity index (χ4n) is 3.66. The van der Waals surface area contributed by atoms with Gasteiger partial charge in [-0.2, -0.15) is 0 Å². The molecule has 1 aromatic rings. The molecule has 4 amide bonds. The van der Waals surface area contributed by atoms with Gasteiger partial charge >= 0.3 is 6.09 Å². The Morgan fingerprint density at radius 1 is 1.07 bits per heavy atom. The first kappa shape index (κ1) is 17.3. The molecule has 142 valence electrons. The van der Waals surface area contributed by atoms with Crippen LogP contribution in [0.25, 0.3) is 0 Å². The minimum absolute atomic E-state index is 0.103. The van der Waals surface area contributed by atoms with Crippen LogP contribution in [0.15, 0.2) is 24.3 Å². The highest BCUT2D eigenvalue weighted by molar-refractivity contribution is 6.01. The van der Waals surface area contributed by atoms with E-state index in [9.17, 15) is 19.2 Å². The van der Waals surface area contributed by atoms with Gasteiger partial charge in [0.05, 0.1) is 19.1 Å². The Labute approximate surface area is 155 Å². The van der Waals surface area contributed by atoms with E-state index in [2.05, 4.69) is 0 Å². The van der Waals surface area contributed by atoms with Crippen LogP contribution in [-0.4, -0.2) is 73.0 Å². The molecule has 3 fully saturated rings. The molecule has 0 aliphatic carbocycles. The van der Waals surface area contributed by atoms with Crippen molar-refractivity contribution in [2.45, 2.75) is 12.5 Å². The maximum atomic E-state index is 12.7. The van der Waals surface area contributed by atoms with E-state index in [0.717, 1.165) is 10.6 Å². The fourth-order valence-corrected chi connectivity index (χ4v) is 3.66. The second-order valence-electron chi connectivity index (χ2n) is 6.82. The summed E-state index contributed by atoms with van der Waals surface area (Å²) in [6, 6.07) is 6.77. The van der Waals surface area contributed by atoms with E-state index in [0.29, 0.717) is 12.3 Å². The van der Waals surface area contributed by atoms with E-state index in [1.807, 2.05) is 0 Å². The summed E-state index contributed by atoms with van der Waals surface area (Å²) in [6.07, 6.45) is -0.504. The van der Waals surface area contributed by atoms with E-state index in [1.54, 1.807) is 41.2 Å². The van der Waals surface area contributed by atoms with E-state index in [1.165, 1.54) is 0 Å². The number of amides is 4. The molecule has 9 heteroatoms. The average Bonchev–Trinajstić information content (AvgIpc) is 3.17. The number of hydrogen-bond donors (Lipinski definition) is 0. The van der Waals surface area contributed by atoms with Crippen molar-refractivity contribution in [3.63, 3.8) is 0 Å². The van der Waals surface area contributed by atoms with Gasteiger partial charge in [0.25, 0.3) is 5.91 Å². The summed E-state index contributed by atoms with van der Waals surface area (Å²) in [4.78, 5) is 52.5. The van der Waals surface area contributed by atoms with Gasteiger partial charge in [-0.25, -0.2) is 9.69 Å². The Morgan fingerprint density at radius 2 is 1.78 bits per heavy atom. The topological polar surface area (TPSA) is 96.5 Å². The number of hydrogen-bond acceptors (Lipinski definition) is 6. The van der Waals surface area contributed by atoms with Gasteiger partial charge in [-0.1, -0.05) is 0 Å². The van der Waals surface area contributed by atoms with Crippen LogP contribution in [-0.2, 0) is 19.1 Å². The summed E-state index contributed by atoms with van der Waals surface area (Å²) < 4.78 is 9.81. The van der Waals surface area contributed by atoms with E-state index in [-0.39, 0.29) is 49.9 Å². The molecule has 4 rings (SSSR count). The molecule has 0 radical (unpaired) electrons. The van der Waals surface area contributed by atoms with Gasteiger partial charge in [0, 0.05) is 31.7 Å². The second kappa shape index (κ2) is 6.57.